The van der Waals surface area contributed by atoms with Crippen LogP contribution in [0.4, 0.5) is 18.0 Å². The van der Waals surface area contributed by atoms with Crippen LogP contribution in [0.3, 0.4) is 0 Å². The second kappa shape index (κ2) is 6.36. The van der Waals surface area contributed by atoms with Gasteiger partial charge in [0.05, 0.1) is 11.8 Å². The van der Waals surface area contributed by atoms with E-state index < -0.39 is 34.1 Å². The topological polar surface area (TPSA) is 75.7 Å². The highest BCUT2D eigenvalue weighted by Gasteiger charge is 2.31. The summed E-state index contributed by atoms with van der Waals surface area (Å²) in [6.07, 6.45) is -4.20. The number of alkyl halides is 3. The van der Waals surface area contributed by atoms with Gasteiger partial charge >= 0.3 is 12.2 Å². The summed E-state index contributed by atoms with van der Waals surface area (Å²) in [5, 5.41) is 2.38. The molecule has 0 spiro atoms. The van der Waals surface area contributed by atoms with E-state index in [4.69, 9.17) is 0 Å². The quantitative estimate of drug-likeness (QED) is 0.840. The second-order valence-corrected chi connectivity index (χ2v) is 6.74. The van der Waals surface area contributed by atoms with Gasteiger partial charge in [0.25, 0.3) is 10.1 Å². The number of benzene rings is 1. The molecule has 0 radical (unpaired) electrons. The smallest absolute Gasteiger partial charge is 0.320 e. The van der Waals surface area contributed by atoms with E-state index in [9.17, 15) is 26.4 Å². The van der Waals surface area contributed by atoms with Crippen molar-refractivity contribution in [3.8, 4) is 0 Å². The highest BCUT2D eigenvalue weighted by atomic mass is 32.2. The fraction of sp³-hybridized carbons (Fsp3) is 0.462. The van der Waals surface area contributed by atoms with Crippen LogP contribution in [-0.4, -0.2) is 38.4 Å². The third-order valence-corrected chi connectivity index (χ3v) is 3.76. The number of rotatable bonds is 4. The van der Waals surface area contributed by atoms with Crippen LogP contribution in [0, 0.1) is 0 Å². The van der Waals surface area contributed by atoms with E-state index in [0.29, 0.717) is 5.56 Å². The molecule has 1 aliphatic rings. The lowest BCUT2D eigenvalue weighted by atomic mass is 10.1. The van der Waals surface area contributed by atoms with Gasteiger partial charge in [-0.25, -0.2) is 8.98 Å². The molecular formula is C13H15F3N2O4S. The van der Waals surface area contributed by atoms with E-state index in [1.165, 1.54) is 17.0 Å². The number of halogens is 3. The van der Waals surface area contributed by atoms with Gasteiger partial charge in [0.15, 0.2) is 6.23 Å². The van der Waals surface area contributed by atoms with Gasteiger partial charge in [0.1, 0.15) is 0 Å². The Hall–Kier alpha value is -1.81. The molecule has 1 saturated heterocycles. The molecule has 128 valence electrons. The first-order valence-electron chi connectivity index (χ1n) is 6.64. The van der Waals surface area contributed by atoms with Gasteiger partial charge in [0.2, 0.25) is 0 Å². The van der Waals surface area contributed by atoms with Crippen LogP contribution in [0.2, 0.25) is 0 Å². The Morgan fingerprint density at radius 1 is 1.30 bits per heavy atom. The molecular weight excluding hydrogens is 337 g/mol. The number of hydrogen-bond acceptors (Lipinski definition) is 4. The zero-order valence-corrected chi connectivity index (χ0v) is 12.9. The van der Waals surface area contributed by atoms with Crippen LogP contribution in [0.25, 0.3) is 0 Å². The van der Waals surface area contributed by atoms with Crippen molar-refractivity contribution in [2.45, 2.75) is 25.4 Å². The molecule has 10 heteroatoms. The van der Waals surface area contributed by atoms with Gasteiger partial charge in [-0.2, -0.15) is 21.6 Å². The molecule has 23 heavy (non-hydrogen) atoms. The summed E-state index contributed by atoms with van der Waals surface area (Å²) >= 11 is 0. The molecule has 1 fully saturated rings. The van der Waals surface area contributed by atoms with Crippen molar-refractivity contribution in [1.29, 1.82) is 0 Å². The fourth-order valence-electron chi connectivity index (χ4n) is 2.13. The lowest BCUT2D eigenvalue weighted by Gasteiger charge is -2.32. The molecule has 1 aromatic carbocycles. The molecule has 1 aliphatic heterocycles. The summed E-state index contributed by atoms with van der Waals surface area (Å²) in [6, 6.07) is 3.97. The number of carbonyl (C=O) groups is 1. The molecule has 0 aliphatic carbocycles. The van der Waals surface area contributed by atoms with Gasteiger partial charge < -0.3 is 10.2 Å². The van der Waals surface area contributed by atoms with Crippen LogP contribution in [-0.2, 0) is 27.0 Å². The third kappa shape index (κ3) is 5.10. The summed E-state index contributed by atoms with van der Waals surface area (Å²) in [6.45, 7) is 0.350. The molecule has 1 N–H and O–H groups in total. The minimum atomic E-state index is -4.41. The molecule has 0 saturated carbocycles. The number of hydrogen-bond donors (Lipinski definition) is 1. The number of nitrogens with zero attached hydrogens (tertiary/aromatic N) is 1. The van der Waals surface area contributed by atoms with Gasteiger partial charge in [-0.1, -0.05) is 12.1 Å². The van der Waals surface area contributed by atoms with E-state index in [1.807, 2.05) is 0 Å². The molecule has 0 aromatic heterocycles. The first-order chi connectivity index (χ1) is 10.5. The van der Waals surface area contributed by atoms with Gasteiger partial charge in [-0.3, -0.25) is 0 Å². The van der Waals surface area contributed by atoms with Crippen molar-refractivity contribution in [1.82, 2.24) is 10.2 Å². The second-order valence-electron chi connectivity index (χ2n) is 5.14. The minimum absolute atomic E-state index is 0.121. The van der Waals surface area contributed by atoms with Crippen molar-refractivity contribution in [3.63, 3.8) is 0 Å². The van der Waals surface area contributed by atoms with Crippen LogP contribution in [0.1, 0.15) is 17.5 Å². The highest BCUT2D eigenvalue weighted by molar-refractivity contribution is 7.86. The average Bonchev–Trinajstić information content (AvgIpc) is 2.40. The third-order valence-electron chi connectivity index (χ3n) is 3.18. The lowest BCUT2D eigenvalue weighted by Crippen LogP contribution is -2.52. The summed E-state index contributed by atoms with van der Waals surface area (Å²) in [7, 11) is -3.68. The SMILES string of the molecule is CS(=O)(=O)OC1CCN(Cc2ccc(C(F)(F)F)cc2)C(=O)N1. The van der Waals surface area contributed by atoms with E-state index in [-0.39, 0.29) is 19.5 Å². The van der Waals surface area contributed by atoms with Gasteiger partial charge in [-0.05, 0) is 17.7 Å². The Bertz CT molecular complexity index is 673. The van der Waals surface area contributed by atoms with Crippen molar-refractivity contribution >= 4 is 16.1 Å². The van der Waals surface area contributed by atoms with E-state index in [2.05, 4.69) is 9.50 Å². The van der Waals surface area contributed by atoms with E-state index in [1.54, 1.807) is 0 Å². The molecule has 1 aromatic rings. The fourth-order valence-corrected chi connectivity index (χ4v) is 2.70. The predicted octanol–water partition coefficient (Wildman–Crippen LogP) is 1.92. The van der Waals surface area contributed by atoms with Crippen LogP contribution in [0.15, 0.2) is 24.3 Å². The maximum absolute atomic E-state index is 12.5. The van der Waals surface area contributed by atoms with Crippen molar-refractivity contribution in [2.24, 2.45) is 0 Å². The van der Waals surface area contributed by atoms with Crippen molar-refractivity contribution in [2.75, 3.05) is 12.8 Å². The Labute approximate surface area is 131 Å². The van der Waals surface area contributed by atoms with E-state index in [0.717, 1.165) is 18.4 Å². The predicted molar refractivity (Wildman–Crippen MR) is 74.7 cm³/mol. The van der Waals surface area contributed by atoms with Crippen molar-refractivity contribution < 1.29 is 30.6 Å². The number of amides is 2. The molecule has 1 unspecified atom stereocenters. The molecule has 1 heterocycles. The van der Waals surface area contributed by atoms with Gasteiger partial charge in [0, 0.05) is 19.5 Å². The molecule has 2 amide bonds. The normalized spacial score (nSPS) is 19.6. The number of carbonyl (C=O) groups excluding carboxylic acids is 1. The lowest BCUT2D eigenvalue weighted by molar-refractivity contribution is -0.137. The zero-order valence-electron chi connectivity index (χ0n) is 12.1. The van der Waals surface area contributed by atoms with Gasteiger partial charge in [-0.15, -0.1) is 0 Å². The Kier molecular flexibility index (Phi) is 4.85. The maximum Gasteiger partial charge on any atom is 0.416 e. The summed E-state index contributed by atoms with van der Waals surface area (Å²) in [5.74, 6) is 0. The Morgan fingerprint density at radius 2 is 1.91 bits per heavy atom. The van der Waals surface area contributed by atoms with Crippen LogP contribution >= 0.6 is 0 Å². The minimum Gasteiger partial charge on any atom is -0.320 e. The summed E-state index contributed by atoms with van der Waals surface area (Å²) in [4.78, 5) is 13.2. The van der Waals surface area contributed by atoms with Crippen molar-refractivity contribution in [3.05, 3.63) is 35.4 Å². The number of nitrogens with one attached hydrogen (secondary N) is 1. The first-order valence-corrected chi connectivity index (χ1v) is 8.46. The largest absolute Gasteiger partial charge is 0.416 e. The van der Waals surface area contributed by atoms with E-state index >= 15 is 0 Å². The molecule has 2 rings (SSSR count). The average molecular weight is 352 g/mol. The summed E-state index contributed by atoms with van der Waals surface area (Å²) < 4.78 is 64.2. The Morgan fingerprint density at radius 3 is 2.39 bits per heavy atom. The molecule has 6 nitrogen and oxygen atoms in total. The zero-order chi connectivity index (χ0) is 17.3. The Balaban J connectivity index is 1.96. The van der Waals surface area contributed by atoms with Crippen LogP contribution < -0.4 is 5.32 Å². The summed E-state index contributed by atoms with van der Waals surface area (Å²) in [5.41, 5.74) is -0.221. The number of urea groups is 1. The first kappa shape index (κ1) is 17.5. The van der Waals surface area contributed by atoms with Crippen LogP contribution in [0.5, 0.6) is 0 Å². The maximum atomic E-state index is 12.5. The highest BCUT2D eigenvalue weighted by Crippen LogP contribution is 2.29. The standard InChI is InChI=1S/C13H15F3N2O4S/c1-23(20,21)22-11-6-7-18(12(19)17-11)8-9-2-4-10(5-3-9)13(14,15)16/h2-5,11H,6-8H2,1H3,(H,17,19). The monoisotopic (exact) mass is 352 g/mol. The molecule has 1 atom stereocenters. The molecule has 0 bridgehead atoms.